The second-order valence-corrected chi connectivity index (χ2v) is 30.9. The van der Waals surface area contributed by atoms with Gasteiger partial charge in [-0.1, -0.05) is 134 Å². The number of hydrogen-bond donors (Lipinski definition) is 7. The SMILES string of the molecule is Cc1ncsc1-c1ccc([C@H](C)NC(=O)[C@@H]2C[C@@H](O)CN2C(=O)C(NC(=O)CCCCCCCCNC(=O)COc2ccc3c(c2)CN(C(=O)C(NC(=O)c2cc4cc(C(F)(F)P(=O)(O)O)ccc4s2)C(C)(C)C)C(C(=O)N2CCOC(c4ccccc4)C2)C3)C(C)(C)C)cc1. The van der Waals surface area contributed by atoms with Gasteiger partial charge >= 0.3 is 13.3 Å². The first-order chi connectivity index (χ1) is 45.4. The number of ether oxygens (including phenoxy) is 2. The number of aryl methyl sites for hydroxylation is 1. The van der Waals surface area contributed by atoms with Crippen molar-refractivity contribution in [1.29, 1.82) is 0 Å². The molecule has 0 aliphatic carbocycles. The second kappa shape index (κ2) is 30.9. The lowest BCUT2D eigenvalue weighted by atomic mass is 9.84. The van der Waals surface area contributed by atoms with Crippen LogP contribution in [0.5, 0.6) is 5.75 Å². The van der Waals surface area contributed by atoms with Gasteiger partial charge in [-0.25, -0.2) is 4.98 Å². The molecule has 5 heterocycles. The minimum Gasteiger partial charge on any atom is -0.484 e. The number of β-amino-alcohol motifs (C(OH)–C–C–N with tert-alkyl or cyclic N) is 1. The summed E-state index contributed by atoms with van der Waals surface area (Å²) in [4.78, 5) is 127. The number of likely N-dealkylation sites (tertiary alicyclic amines) is 1. The number of nitrogens with one attached hydrogen (secondary N) is 4. The summed E-state index contributed by atoms with van der Waals surface area (Å²) >= 11 is 2.51. The fraction of sp³-hybridized carbons (Fsp3) is 0.486. The Kier molecular flexibility index (Phi) is 23.4. The number of benzene rings is 4. The number of thiophene rings is 1. The summed E-state index contributed by atoms with van der Waals surface area (Å²) in [5.41, 5.74) is -0.0337. The van der Waals surface area contributed by atoms with E-state index in [4.69, 9.17) is 9.47 Å². The minimum atomic E-state index is -5.87. The number of aromatic nitrogens is 1. The number of carbonyl (C=O) groups excluding carboxylic acids is 7. The Morgan fingerprint density at radius 3 is 2.12 bits per heavy atom. The maximum atomic E-state index is 15.2. The fourth-order valence-electron chi connectivity index (χ4n) is 12.4. The van der Waals surface area contributed by atoms with Gasteiger partial charge in [-0.05, 0) is 101 Å². The summed E-state index contributed by atoms with van der Waals surface area (Å²) in [7, 11) is -5.87. The molecule has 3 aliphatic heterocycles. The van der Waals surface area contributed by atoms with Crippen molar-refractivity contribution < 1.29 is 71.3 Å². The Morgan fingerprint density at radius 2 is 1.45 bits per heavy atom. The summed E-state index contributed by atoms with van der Waals surface area (Å²) in [5.74, 6) is -2.64. The van der Waals surface area contributed by atoms with Gasteiger partial charge in [0, 0.05) is 55.7 Å². The number of nitrogens with zero attached hydrogens (tertiary/aromatic N) is 4. The van der Waals surface area contributed by atoms with Gasteiger partial charge in [-0.3, -0.25) is 38.1 Å². The highest BCUT2D eigenvalue weighted by Gasteiger charge is 2.51. The largest absolute Gasteiger partial charge is 0.484 e. The van der Waals surface area contributed by atoms with Crippen molar-refractivity contribution >= 4 is 81.7 Å². The first-order valence-electron chi connectivity index (χ1n) is 32.5. The third-order valence-corrected chi connectivity index (χ3v) is 20.9. The number of halogens is 2. The molecule has 26 heteroatoms. The lowest BCUT2D eigenvalue weighted by Gasteiger charge is -2.43. The van der Waals surface area contributed by atoms with E-state index < -0.39 is 83.7 Å². The number of morpholine rings is 1. The van der Waals surface area contributed by atoms with Crippen LogP contribution in [-0.4, -0.2) is 146 Å². The third kappa shape index (κ3) is 17.8. The molecular formula is C70H87F2N8O13PS2. The molecule has 7 N–H and O–H groups in total. The zero-order chi connectivity index (χ0) is 69.4. The summed E-state index contributed by atoms with van der Waals surface area (Å²) in [6, 6.07) is 22.6. The first kappa shape index (κ1) is 72.8. The van der Waals surface area contributed by atoms with E-state index in [0.29, 0.717) is 35.4 Å². The van der Waals surface area contributed by atoms with Gasteiger partial charge in [0.1, 0.15) is 36.0 Å². The van der Waals surface area contributed by atoms with E-state index in [0.717, 1.165) is 82.0 Å². The molecule has 7 atom stereocenters. The van der Waals surface area contributed by atoms with Gasteiger partial charge in [-0.15, -0.1) is 22.7 Å². The number of amides is 7. The van der Waals surface area contributed by atoms with Crippen LogP contribution in [0.3, 0.4) is 0 Å². The maximum Gasteiger partial charge on any atom is 0.399 e. The van der Waals surface area contributed by atoms with E-state index in [-0.39, 0.29) is 98.6 Å². The normalized spacial score (nSPS) is 18.7. The number of aliphatic hydroxyl groups is 1. The van der Waals surface area contributed by atoms with E-state index in [9.17, 15) is 57.0 Å². The van der Waals surface area contributed by atoms with Crippen LogP contribution in [0, 0.1) is 17.8 Å². The van der Waals surface area contributed by atoms with Gasteiger partial charge < -0.3 is 60.3 Å². The average Bonchev–Trinajstić information content (AvgIpc) is 0.836. The van der Waals surface area contributed by atoms with Gasteiger partial charge in [0.05, 0.1) is 46.3 Å². The van der Waals surface area contributed by atoms with Crippen LogP contribution < -0.4 is 26.0 Å². The molecule has 516 valence electrons. The van der Waals surface area contributed by atoms with E-state index >= 15 is 4.79 Å². The molecule has 7 amide bonds. The smallest absolute Gasteiger partial charge is 0.399 e. The topological polar surface area (TPSA) is 286 Å². The van der Waals surface area contributed by atoms with Crippen molar-refractivity contribution in [1.82, 2.24) is 41.0 Å². The van der Waals surface area contributed by atoms with Gasteiger partial charge in [0.15, 0.2) is 6.61 Å². The molecule has 21 nitrogen and oxygen atoms in total. The molecule has 4 aromatic carbocycles. The quantitative estimate of drug-likeness (QED) is 0.0207. The van der Waals surface area contributed by atoms with Crippen LogP contribution in [0.25, 0.3) is 20.5 Å². The molecule has 0 bridgehead atoms. The molecule has 0 spiro atoms. The number of rotatable bonds is 25. The standard InChI is InChI=1S/C70H87F2N8O13PS2/c1-42(44-21-23-46(24-22-44)60-43(2)74-41-95-60)75-63(84)53-36-51(81)38-80(53)66(87)61(68(3,4)5)76-58(82)20-16-11-9-10-12-17-29-73-59(83)40-93-52-27-25-47-34-54(65(86)78-30-31-92-55(39-78)45-18-14-13-15-19-45)79(37-49(47)33-52)67(88)62(69(6,7)8)77-64(85)57-35-48-32-50(26-28-56(48)96-57)70(71,72)94(89,90)91/h13-15,18-19,21-28,32-33,35,41-42,51,53-55,61-62,81H,9-12,16-17,20,29-31,34,36-40H2,1-8H3,(H,73,83)(H,75,84)(H,76,82)(H,77,85)(H2,89,90,91)/t42-,51+,53-,54?,55?,61?,62?/m0/s1. The highest BCUT2D eigenvalue weighted by Crippen LogP contribution is 2.59. The van der Waals surface area contributed by atoms with Crippen LogP contribution >= 0.6 is 30.3 Å². The minimum absolute atomic E-state index is 0.0286. The van der Waals surface area contributed by atoms with Crippen molar-refractivity contribution in [2.45, 2.75) is 168 Å². The summed E-state index contributed by atoms with van der Waals surface area (Å²) in [6.07, 6.45) is 3.70. The molecule has 0 radical (unpaired) electrons. The average molecular weight is 1380 g/mol. The first-order valence-corrected chi connectivity index (χ1v) is 35.8. The maximum absolute atomic E-state index is 15.2. The van der Waals surface area contributed by atoms with Crippen molar-refractivity contribution in [2.75, 3.05) is 39.4 Å². The molecule has 0 saturated carbocycles. The third-order valence-electron chi connectivity index (χ3n) is 17.9. The molecule has 96 heavy (non-hydrogen) atoms. The molecule has 2 saturated heterocycles. The molecule has 2 fully saturated rings. The molecule has 6 aromatic rings. The van der Waals surface area contributed by atoms with Crippen molar-refractivity contribution in [3.8, 4) is 16.2 Å². The number of hydrogen-bond acceptors (Lipinski definition) is 14. The van der Waals surface area contributed by atoms with Gasteiger partial charge in [0.25, 0.3) is 11.8 Å². The molecule has 9 rings (SSSR count). The van der Waals surface area contributed by atoms with Crippen LogP contribution in [0.1, 0.15) is 155 Å². The number of unbranched alkanes of at least 4 members (excludes halogenated alkanes) is 5. The summed E-state index contributed by atoms with van der Waals surface area (Å²) < 4.78 is 53.5. The zero-order valence-electron chi connectivity index (χ0n) is 55.4. The van der Waals surface area contributed by atoms with Crippen molar-refractivity contribution in [3.63, 3.8) is 0 Å². The van der Waals surface area contributed by atoms with E-state index in [1.165, 1.54) is 21.9 Å². The predicted molar refractivity (Wildman–Crippen MR) is 362 cm³/mol. The van der Waals surface area contributed by atoms with Crippen LogP contribution in [-0.2, 0) is 56.7 Å². The lowest BCUT2D eigenvalue weighted by molar-refractivity contribution is -0.153. The lowest BCUT2D eigenvalue weighted by Crippen LogP contribution is -2.61. The van der Waals surface area contributed by atoms with Gasteiger partial charge in [0.2, 0.25) is 29.5 Å². The number of fused-ring (bicyclic) bond motifs is 2. The Bertz CT molecular complexity index is 3830. The van der Waals surface area contributed by atoms with Crippen molar-refractivity contribution in [2.24, 2.45) is 10.8 Å². The number of aliphatic hydroxyl groups excluding tert-OH is 1. The molecular weight excluding hydrogens is 1290 g/mol. The second-order valence-electron chi connectivity index (χ2n) is 27.3. The Morgan fingerprint density at radius 1 is 0.771 bits per heavy atom. The predicted octanol–water partition coefficient (Wildman–Crippen LogP) is 9.85. The number of thiazole rings is 1. The van der Waals surface area contributed by atoms with E-state index in [1.807, 2.05) is 95.3 Å². The Balaban J connectivity index is 0.742. The molecule has 4 unspecified atom stereocenters. The monoisotopic (exact) mass is 1380 g/mol. The summed E-state index contributed by atoms with van der Waals surface area (Å²) in [6.45, 7) is 15.5. The summed E-state index contributed by atoms with van der Waals surface area (Å²) in [5, 5.41) is 22.6. The molecule has 3 aliphatic rings. The van der Waals surface area contributed by atoms with Crippen LogP contribution in [0.15, 0.2) is 103 Å². The number of alkyl halides is 2. The molecule has 2 aromatic heterocycles. The highest BCUT2D eigenvalue weighted by molar-refractivity contribution is 7.52. The van der Waals surface area contributed by atoms with Crippen LogP contribution in [0.2, 0.25) is 0 Å². The fourth-order valence-corrected chi connectivity index (χ4v) is 14.6. The van der Waals surface area contributed by atoms with Crippen LogP contribution in [0.4, 0.5) is 8.78 Å². The zero-order valence-corrected chi connectivity index (χ0v) is 57.9. The van der Waals surface area contributed by atoms with E-state index in [2.05, 4.69) is 26.3 Å². The van der Waals surface area contributed by atoms with Gasteiger partial charge in [-0.2, -0.15) is 8.78 Å². The van der Waals surface area contributed by atoms with E-state index in [1.54, 1.807) is 54.7 Å². The Labute approximate surface area is 566 Å². The highest BCUT2D eigenvalue weighted by atomic mass is 32.1. The van der Waals surface area contributed by atoms with Crippen molar-refractivity contribution in [3.05, 3.63) is 141 Å². The number of carbonyl (C=O) groups is 7. The Hall–Kier alpha value is -7.51.